The van der Waals surface area contributed by atoms with Crippen molar-refractivity contribution >= 4 is 22.7 Å². The van der Waals surface area contributed by atoms with Gasteiger partial charge in [-0.25, -0.2) is 4.79 Å². The number of aromatic carboxylic acids is 1. The molecule has 2 N–H and O–H groups in total. The summed E-state index contributed by atoms with van der Waals surface area (Å²) >= 11 is 0. The number of hydrogen-bond donors (Lipinski definition) is 2. The highest BCUT2D eigenvalue weighted by atomic mass is 16.4. The summed E-state index contributed by atoms with van der Waals surface area (Å²) < 4.78 is 0. The van der Waals surface area contributed by atoms with Gasteiger partial charge >= 0.3 is 11.9 Å². The molecule has 0 radical (unpaired) electrons. The number of fused-ring (bicyclic) bond motifs is 1. The Labute approximate surface area is 97.1 Å². The van der Waals surface area contributed by atoms with E-state index in [2.05, 4.69) is 0 Å². The first kappa shape index (κ1) is 11.1. The number of carboxylic acids is 2. The zero-order chi connectivity index (χ0) is 12.4. The molecule has 0 amide bonds. The van der Waals surface area contributed by atoms with E-state index in [-0.39, 0.29) is 12.0 Å². The Kier molecular flexibility index (Phi) is 2.78. The normalized spacial score (nSPS) is 10.4. The van der Waals surface area contributed by atoms with Gasteiger partial charge in [0.2, 0.25) is 0 Å². The Hall–Kier alpha value is -2.36. The molecular formula is C13H10O4. The Morgan fingerprint density at radius 2 is 1.59 bits per heavy atom. The summed E-state index contributed by atoms with van der Waals surface area (Å²) in [5.41, 5.74) is 0.813. The van der Waals surface area contributed by atoms with Gasteiger partial charge in [0.15, 0.2) is 0 Å². The fraction of sp³-hybridized carbons (Fsp3) is 0.0769. The zero-order valence-corrected chi connectivity index (χ0v) is 8.88. The van der Waals surface area contributed by atoms with E-state index in [1.54, 1.807) is 30.3 Å². The summed E-state index contributed by atoms with van der Waals surface area (Å²) in [6.45, 7) is 0. The van der Waals surface area contributed by atoms with E-state index in [1.807, 2.05) is 0 Å². The Morgan fingerprint density at radius 1 is 0.941 bits per heavy atom. The molecule has 0 spiro atoms. The number of hydrogen-bond acceptors (Lipinski definition) is 2. The van der Waals surface area contributed by atoms with Gasteiger partial charge in [0.05, 0.1) is 12.0 Å². The largest absolute Gasteiger partial charge is 0.481 e. The second kappa shape index (κ2) is 4.25. The van der Waals surface area contributed by atoms with E-state index in [1.165, 1.54) is 6.07 Å². The van der Waals surface area contributed by atoms with Crippen molar-refractivity contribution in [1.82, 2.24) is 0 Å². The van der Waals surface area contributed by atoms with Gasteiger partial charge in [-0.2, -0.15) is 0 Å². The molecule has 0 saturated heterocycles. The van der Waals surface area contributed by atoms with Crippen LogP contribution in [0.1, 0.15) is 15.9 Å². The Balaban J connectivity index is 2.70. The van der Waals surface area contributed by atoms with Gasteiger partial charge in [-0.05, 0) is 22.4 Å². The molecule has 0 aliphatic rings. The minimum atomic E-state index is -1.01. The third kappa shape index (κ3) is 2.10. The van der Waals surface area contributed by atoms with Crippen LogP contribution in [-0.4, -0.2) is 22.2 Å². The van der Waals surface area contributed by atoms with Crippen molar-refractivity contribution in [1.29, 1.82) is 0 Å². The van der Waals surface area contributed by atoms with Crippen LogP contribution in [-0.2, 0) is 11.2 Å². The average Bonchev–Trinajstić information content (AvgIpc) is 2.28. The lowest BCUT2D eigenvalue weighted by molar-refractivity contribution is -0.136. The van der Waals surface area contributed by atoms with Crippen LogP contribution in [0.3, 0.4) is 0 Å². The SMILES string of the molecule is O=C(O)Cc1ccc(C(=O)O)c2ccccc12. The number of benzene rings is 2. The highest BCUT2D eigenvalue weighted by Crippen LogP contribution is 2.23. The van der Waals surface area contributed by atoms with Crippen LogP contribution in [0.5, 0.6) is 0 Å². The van der Waals surface area contributed by atoms with Crippen molar-refractivity contribution in [3.8, 4) is 0 Å². The van der Waals surface area contributed by atoms with Crippen molar-refractivity contribution < 1.29 is 19.8 Å². The van der Waals surface area contributed by atoms with Gasteiger partial charge in [0.25, 0.3) is 0 Å². The zero-order valence-electron chi connectivity index (χ0n) is 8.88. The first-order chi connectivity index (χ1) is 8.09. The van der Waals surface area contributed by atoms with Crippen molar-refractivity contribution in [3.63, 3.8) is 0 Å². The standard InChI is InChI=1S/C13H10O4/c14-12(15)7-8-5-6-11(13(16)17)10-4-2-1-3-9(8)10/h1-6H,7H2,(H,14,15)(H,16,17). The molecule has 0 fully saturated rings. The monoisotopic (exact) mass is 230 g/mol. The molecule has 0 aliphatic heterocycles. The molecule has 0 aromatic heterocycles. The molecule has 0 heterocycles. The summed E-state index contributed by atoms with van der Waals surface area (Å²) in [5, 5.41) is 19.1. The van der Waals surface area contributed by atoms with E-state index >= 15 is 0 Å². The van der Waals surface area contributed by atoms with Crippen molar-refractivity contribution in [2.75, 3.05) is 0 Å². The molecule has 2 aromatic rings. The van der Waals surface area contributed by atoms with Gasteiger partial charge in [-0.1, -0.05) is 30.3 Å². The maximum atomic E-state index is 11.0. The molecule has 86 valence electrons. The second-order valence-corrected chi connectivity index (χ2v) is 3.69. The molecule has 4 nitrogen and oxygen atoms in total. The molecule has 0 aliphatic carbocycles. The van der Waals surface area contributed by atoms with Crippen molar-refractivity contribution in [3.05, 3.63) is 47.5 Å². The average molecular weight is 230 g/mol. The lowest BCUT2D eigenvalue weighted by Crippen LogP contribution is -2.03. The fourth-order valence-electron chi connectivity index (χ4n) is 1.87. The summed E-state index contributed by atoms with van der Waals surface area (Å²) in [6.07, 6.45) is -0.111. The fourth-order valence-corrected chi connectivity index (χ4v) is 1.87. The van der Waals surface area contributed by atoms with Crippen LogP contribution < -0.4 is 0 Å². The predicted molar refractivity (Wildman–Crippen MR) is 62.2 cm³/mol. The third-order valence-electron chi connectivity index (χ3n) is 2.59. The molecule has 0 unspecified atom stereocenters. The van der Waals surface area contributed by atoms with Crippen LogP contribution in [0.2, 0.25) is 0 Å². The summed E-state index contributed by atoms with van der Waals surface area (Å²) in [7, 11) is 0. The van der Waals surface area contributed by atoms with Gasteiger partial charge in [0, 0.05) is 0 Å². The smallest absolute Gasteiger partial charge is 0.336 e. The molecular weight excluding hydrogens is 220 g/mol. The molecule has 2 rings (SSSR count). The van der Waals surface area contributed by atoms with Crippen LogP contribution >= 0.6 is 0 Å². The summed E-state index contributed by atoms with van der Waals surface area (Å²) in [5.74, 6) is -1.94. The van der Waals surface area contributed by atoms with Crippen LogP contribution in [0.25, 0.3) is 10.8 Å². The lowest BCUT2D eigenvalue weighted by Gasteiger charge is -2.07. The number of carbonyl (C=O) groups is 2. The quantitative estimate of drug-likeness (QED) is 0.847. The Bertz CT molecular complexity index is 601. The van der Waals surface area contributed by atoms with Crippen LogP contribution in [0, 0.1) is 0 Å². The first-order valence-electron chi connectivity index (χ1n) is 5.05. The maximum Gasteiger partial charge on any atom is 0.336 e. The van der Waals surface area contributed by atoms with Crippen molar-refractivity contribution in [2.45, 2.75) is 6.42 Å². The number of aliphatic carboxylic acids is 1. The molecule has 17 heavy (non-hydrogen) atoms. The minimum absolute atomic E-state index is 0.111. The van der Waals surface area contributed by atoms with Gasteiger partial charge in [-0.3, -0.25) is 4.79 Å². The molecule has 0 saturated carbocycles. The summed E-state index contributed by atoms with van der Waals surface area (Å²) in [4.78, 5) is 21.7. The van der Waals surface area contributed by atoms with E-state index in [0.717, 1.165) is 0 Å². The van der Waals surface area contributed by atoms with Crippen LogP contribution in [0.4, 0.5) is 0 Å². The van der Waals surface area contributed by atoms with E-state index in [0.29, 0.717) is 16.3 Å². The van der Waals surface area contributed by atoms with Crippen LogP contribution in [0.15, 0.2) is 36.4 Å². The third-order valence-corrected chi connectivity index (χ3v) is 2.59. The maximum absolute atomic E-state index is 11.0. The minimum Gasteiger partial charge on any atom is -0.481 e. The lowest BCUT2D eigenvalue weighted by atomic mass is 9.98. The highest BCUT2D eigenvalue weighted by molar-refractivity contribution is 6.05. The molecule has 4 heteroatoms. The first-order valence-corrected chi connectivity index (χ1v) is 5.05. The number of carboxylic acid groups (broad SMARTS) is 2. The van der Waals surface area contributed by atoms with E-state index in [4.69, 9.17) is 10.2 Å². The van der Waals surface area contributed by atoms with Crippen molar-refractivity contribution in [2.24, 2.45) is 0 Å². The van der Waals surface area contributed by atoms with Gasteiger partial charge in [-0.15, -0.1) is 0 Å². The summed E-state index contributed by atoms with van der Waals surface area (Å²) in [6, 6.07) is 9.92. The Morgan fingerprint density at radius 3 is 2.18 bits per heavy atom. The van der Waals surface area contributed by atoms with E-state index in [9.17, 15) is 9.59 Å². The second-order valence-electron chi connectivity index (χ2n) is 3.69. The molecule has 2 aromatic carbocycles. The van der Waals surface area contributed by atoms with Gasteiger partial charge < -0.3 is 10.2 Å². The predicted octanol–water partition coefficient (Wildman–Crippen LogP) is 2.17. The molecule has 0 atom stereocenters. The number of rotatable bonds is 3. The topological polar surface area (TPSA) is 74.6 Å². The highest BCUT2D eigenvalue weighted by Gasteiger charge is 2.12. The van der Waals surface area contributed by atoms with Gasteiger partial charge in [0.1, 0.15) is 0 Å². The van der Waals surface area contributed by atoms with E-state index < -0.39 is 11.9 Å². The molecule has 0 bridgehead atoms.